The second-order valence-corrected chi connectivity index (χ2v) is 6.46. The van der Waals surface area contributed by atoms with Crippen LogP contribution in [0.2, 0.25) is 0 Å². The van der Waals surface area contributed by atoms with Crippen molar-refractivity contribution in [2.75, 3.05) is 26.1 Å². The van der Waals surface area contributed by atoms with Crippen molar-refractivity contribution in [2.24, 2.45) is 0 Å². The van der Waals surface area contributed by atoms with Crippen molar-refractivity contribution in [1.82, 2.24) is 0 Å². The number of quaternary nitrogens is 1. The Kier molecular flexibility index (Phi) is 16.5. The van der Waals surface area contributed by atoms with E-state index in [1.165, 1.54) is 70.8 Å². The molecule has 18 heavy (non-hydrogen) atoms. The highest BCUT2D eigenvalue weighted by molar-refractivity contribution is 9.09. The van der Waals surface area contributed by atoms with Gasteiger partial charge in [-0.2, -0.15) is 0 Å². The van der Waals surface area contributed by atoms with Gasteiger partial charge in [0.1, 0.15) is 5.45 Å². The fourth-order valence-corrected chi connectivity index (χ4v) is 2.34. The minimum atomic E-state index is 0. The van der Waals surface area contributed by atoms with Gasteiger partial charge in [0.2, 0.25) is 0 Å². The van der Waals surface area contributed by atoms with E-state index in [0.717, 1.165) is 9.94 Å². The average molecular weight is 343 g/mol. The molecule has 1 nitrogen and oxygen atoms in total. The molecule has 0 rings (SSSR count). The van der Waals surface area contributed by atoms with Crippen molar-refractivity contribution in [3.63, 3.8) is 0 Å². The molecule has 0 fully saturated rings. The Morgan fingerprint density at radius 3 is 1.50 bits per heavy atom. The van der Waals surface area contributed by atoms with E-state index in [0.29, 0.717) is 0 Å². The third kappa shape index (κ3) is 14.8. The monoisotopic (exact) mass is 341 g/mol. The standard InChI is InChI=1S/C15H33BrN.ClH/c1-4-5-6-7-8-9-10-11-12-13-14-17(2,3)15-16;/h4-15H2,1-3H3;1H/q+1;/p-1. The summed E-state index contributed by atoms with van der Waals surface area (Å²) in [6, 6.07) is 0. The molecule has 0 unspecified atom stereocenters. The van der Waals surface area contributed by atoms with Gasteiger partial charge in [0.05, 0.1) is 20.6 Å². The van der Waals surface area contributed by atoms with Gasteiger partial charge in [0.15, 0.2) is 0 Å². The van der Waals surface area contributed by atoms with Crippen LogP contribution in [0.5, 0.6) is 0 Å². The molecule has 0 aromatic rings. The molecule has 0 heterocycles. The third-order valence-electron chi connectivity index (χ3n) is 3.44. The third-order valence-corrected chi connectivity index (χ3v) is 4.80. The zero-order valence-electron chi connectivity index (χ0n) is 12.7. The van der Waals surface area contributed by atoms with Gasteiger partial charge in [-0.15, -0.1) is 0 Å². The summed E-state index contributed by atoms with van der Waals surface area (Å²) >= 11 is 3.57. The average Bonchev–Trinajstić information content (AvgIpc) is 2.31. The Morgan fingerprint density at radius 2 is 1.11 bits per heavy atom. The van der Waals surface area contributed by atoms with Crippen LogP contribution in [0.25, 0.3) is 0 Å². The molecule has 112 valence electrons. The van der Waals surface area contributed by atoms with Crippen molar-refractivity contribution >= 4 is 15.9 Å². The molecule has 3 heteroatoms. The number of unbranched alkanes of at least 4 members (excludes halogenated alkanes) is 9. The van der Waals surface area contributed by atoms with Crippen LogP contribution >= 0.6 is 15.9 Å². The molecule has 0 aliphatic heterocycles. The summed E-state index contributed by atoms with van der Waals surface area (Å²) in [7, 11) is 4.59. The first-order valence-electron chi connectivity index (χ1n) is 7.50. The molecule has 0 aromatic carbocycles. The molecular weight excluding hydrogens is 310 g/mol. The van der Waals surface area contributed by atoms with Gasteiger partial charge in [-0.05, 0) is 28.8 Å². The molecule has 0 spiro atoms. The molecule has 0 atom stereocenters. The van der Waals surface area contributed by atoms with Crippen LogP contribution in [0.4, 0.5) is 0 Å². The number of halogens is 2. The van der Waals surface area contributed by atoms with Crippen molar-refractivity contribution < 1.29 is 16.9 Å². The highest BCUT2D eigenvalue weighted by Gasteiger charge is 2.10. The van der Waals surface area contributed by atoms with Gasteiger partial charge in [0, 0.05) is 0 Å². The van der Waals surface area contributed by atoms with Gasteiger partial charge >= 0.3 is 0 Å². The number of rotatable bonds is 12. The highest BCUT2D eigenvalue weighted by atomic mass is 79.9. The largest absolute Gasteiger partial charge is 1.00 e. The smallest absolute Gasteiger partial charge is 0.133 e. The highest BCUT2D eigenvalue weighted by Crippen LogP contribution is 2.11. The fraction of sp³-hybridized carbons (Fsp3) is 1.00. The van der Waals surface area contributed by atoms with Crippen molar-refractivity contribution in [3.8, 4) is 0 Å². The predicted octanol–water partition coefficient (Wildman–Crippen LogP) is 2.34. The lowest BCUT2D eigenvalue weighted by Crippen LogP contribution is -3.00. The molecule has 0 amide bonds. The lowest BCUT2D eigenvalue weighted by molar-refractivity contribution is -0.876. The zero-order chi connectivity index (χ0) is 13.0. The Labute approximate surface area is 130 Å². The number of alkyl halides is 1. The molecule has 0 bridgehead atoms. The Bertz CT molecular complexity index is 163. The summed E-state index contributed by atoms with van der Waals surface area (Å²) < 4.78 is 1.11. The van der Waals surface area contributed by atoms with Crippen LogP contribution in [-0.2, 0) is 0 Å². The van der Waals surface area contributed by atoms with Crippen LogP contribution in [0, 0.1) is 0 Å². The van der Waals surface area contributed by atoms with E-state index >= 15 is 0 Å². The summed E-state index contributed by atoms with van der Waals surface area (Å²) in [6.07, 6.45) is 14.3. The lowest BCUT2D eigenvalue weighted by Gasteiger charge is -2.26. The molecule has 0 saturated carbocycles. The molecule has 0 N–H and O–H groups in total. The van der Waals surface area contributed by atoms with Crippen LogP contribution < -0.4 is 12.4 Å². The topological polar surface area (TPSA) is 0 Å². The Hall–Kier alpha value is 0.730. The van der Waals surface area contributed by atoms with Crippen LogP contribution in [0.15, 0.2) is 0 Å². The summed E-state index contributed by atoms with van der Waals surface area (Å²) in [5.41, 5.74) is 1.07. The first-order valence-corrected chi connectivity index (χ1v) is 8.62. The minimum Gasteiger partial charge on any atom is -1.00 e. The number of nitrogens with zero attached hydrogens (tertiary/aromatic N) is 1. The second kappa shape index (κ2) is 14.1. The van der Waals surface area contributed by atoms with Crippen molar-refractivity contribution in [3.05, 3.63) is 0 Å². The SMILES string of the molecule is CCCCCCCCCCCC[N+](C)(C)CBr.[Cl-]. The molecule has 0 radical (unpaired) electrons. The van der Waals surface area contributed by atoms with E-state index in [-0.39, 0.29) is 12.4 Å². The van der Waals surface area contributed by atoms with Crippen LogP contribution in [0.3, 0.4) is 0 Å². The van der Waals surface area contributed by atoms with Gasteiger partial charge in [-0.25, -0.2) is 0 Å². The summed E-state index contributed by atoms with van der Waals surface area (Å²) in [5, 5.41) is 0. The van der Waals surface area contributed by atoms with E-state index in [1.807, 2.05) is 0 Å². The molecule has 0 aliphatic carbocycles. The maximum Gasteiger partial charge on any atom is 0.133 e. The maximum atomic E-state index is 3.57. The van der Waals surface area contributed by atoms with Crippen molar-refractivity contribution in [1.29, 1.82) is 0 Å². The Morgan fingerprint density at radius 1 is 0.722 bits per heavy atom. The quantitative estimate of drug-likeness (QED) is 0.221. The minimum absolute atomic E-state index is 0. The van der Waals surface area contributed by atoms with E-state index in [4.69, 9.17) is 0 Å². The number of hydrogen-bond donors (Lipinski definition) is 0. The first kappa shape index (κ1) is 21.0. The van der Waals surface area contributed by atoms with Gasteiger partial charge in [0.25, 0.3) is 0 Å². The Balaban J connectivity index is 0. The van der Waals surface area contributed by atoms with E-state index < -0.39 is 0 Å². The molecule has 0 aromatic heterocycles. The second-order valence-electron chi connectivity index (χ2n) is 5.96. The molecule has 0 saturated heterocycles. The first-order chi connectivity index (χ1) is 8.12. The number of hydrogen-bond acceptors (Lipinski definition) is 0. The van der Waals surface area contributed by atoms with Crippen LogP contribution in [0.1, 0.15) is 71.1 Å². The fourth-order valence-electron chi connectivity index (χ4n) is 2.09. The summed E-state index contributed by atoms with van der Waals surface area (Å²) in [4.78, 5) is 0. The molecular formula is C15H33BrClN. The summed E-state index contributed by atoms with van der Waals surface area (Å²) in [5.74, 6) is 0. The van der Waals surface area contributed by atoms with E-state index in [2.05, 4.69) is 36.9 Å². The van der Waals surface area contributed by atoms with E-state index in [9.17, 15) is 0 Å². The van der Waals surface area contributed by atoms with Gasteiger partial charge in [-0.3, -0.25) is 0 Å². The maximum absolute atomic E-state index is 3.57. The van der Waals surface area contributed by atoms with Crippen molar-refractivity contribution in [2.45, 2.75) is 71.1 Å². The summed E-state index contributed by atoms with van der Waals surface area (Å²) in [6.45, 7) is 3.59. The zero-order valence-corrected chi connectivity index (χ0v) is 15.0. The van der Waals surface area contributed by atoms with Gasteiger partial charge < -0.3 is 16.9 Å². The van der Waals surface area contributed by atoms with Gasteiger partial charge in [-0.1, -0.05) is 58.3 Å². The van der Waals surface area contributed by atoms with Crippen LogP contribution in [-0.4, -0.2) is 30.6 Å². The molecule has 0 aliphatic rings. The predicted molar refractivity (Wildman–Crippen MR) is 82.6 cm³/mol. The van der Waals surface area contributed by atoms with E-state index in [1.54, 1.807) is 0 Å². The normalized spacial score (nSPS) is 11.3. The lowest BCUT2D eigenvalue weighted by atomic mass is 10.1.